The van der Waals surface area contributed by atoms with E-state index in [1.807, 2.05) is 39.0 Å². The summed E-state index contributed by atoms with van der Waals surface area (Å²) in [6.45, 7) is 6.67. The molecule has 19 heavy (non-hydrogen) atoms. The van der Waals surface area contributed by atoms with E-state index >= 15 is 0 Å². The summed E-state index contributed by atoms with van der Waals surface area (Å²) in [6, 6.07) is 5.94. The molecule has 0 saturated carbocycles. The summed E-state index contributed by atoms with van der Waals surface area (Å²) >= 11 is 1.25. The third-order valence-corrected chi connectivity index (χ3v) is 3.47. The lowest BCUT2D eigenvalue weighted by Crippen LogP contribution is -2.12. The summed E-state index contributed by atoms with van der Waals surface area (Å²) in [5.74, 6) is -0.227. The van der Waals surface area contributed by atoms with Crippen LogP contribution in [0.4, 0.5) is 10.8 Å². The third-order valence-electron chi connectivity index (χ3n) is 2.59. The van der Waals surface area contributed by atoms with Gasteiger partial charge in [0.2, 0.25) is 10.1 Å². The lowest BCUT2D eigenvalue weighted by atomic mass is 10.1. The topological polar surface area (TPSA) is 66.9 Å². The minimum Gasteiger partial charge on any atom is -0.360 e. The fourth-order valence-corrected chi connectivity index (χ4v) is 2.29. The summed E-state index contributed by atoms with van der Waals surface area (Å²) in [5, 5.41) is 14.7. The molecule has 100 valence electrons. The zero-order valence-electron chi connectivity index (χ0n) is 11.2. The van der Waals surface area contributed by atoms with Gasteiger partial charge in [-0.15, -0.1) is 10.2 Å². The second-order valence-corrected chi connectivity index (χ2v) is 5.19. The fourth-order valence-electron chi connectivity index (χ4n) is 1.58. The third kappa shape index (κ3) is 3.29. The average molecular weight is 276 g/mol. The van der Waals surface area contributed by atoms with Gasteiger partial charge in [-0.25, -0.2) is 0 Å². The van der Waals surface area contributed by atoms with Crippen molar-refractivity contribution in [1.82, 2.24) is 10.2 Å². The first kappa shape index (κ1) is 13.5. The van der Waals surface area contributed by atoms with Gasteiger partial charge < -0.3 is 10.6 Å². The molecule has 2 aromatic rings. The van der Waals surface area contributed by atoms with Gasteiger partial charge >= 0.3 is 0 Å². The molecule has 0 aliphatic rings. The van der Waals surface area contributed by atoms with E-state index in [0.29, 0.717) is 10.1 Å². The van der Waals surface area contributed by atoms with Crippen LogP contribution in [0.1, 0.15) is 27.9 Å². The van der Waals surface area contributed by atoms with Crippen LogP contribution in [0.3, 0.4) is 0 Å². The molecule has 1 amide bonds. The molecule has 0 aliphatic heterocycles. The predicted molar refractivity (Wildman–Crippen MR) is 77.9 cm³/mol. The second-order valence-electron chi connectivity index (χ2n) is 4.22. The number of anilines is 2. The molecule has 0 radical (unpaired) electrons. The Balaban J connectivity index is 2.13. The highest BCUT2D eigenvalue weighted by molar-refractivity contribution is 7.17. The molecular formula is C13H16N4OS. The summed E-state index contributed by atoms with van der Waals surface area (Å²) in [6.07, 6.45) is 0. The molecule has 0 saturated heterocycles. The highest BCUT2D eigenvalue weighted by Gasteiger charge is 2.13. The molecule has 5 nitrogen and oxygen atoms in total. The van der Waals surface area contributed by atoms with Crippen molar-refractivity contribution in [2.45, 2.75) is 20.8 Å². The van der Waals surface area contributed by atoms with Crippen LogP contribution >= 0.6 is 11.3 Å². The molecule has 2 rings (SSSR count). The maximum absolute atomic E-state index is 12.1. The molecule has 0 spiro atoms. The second kappa shape index (κ2) is 5.79. The Hall–Kier alpha value is -1.95. The molecule has 0 bridgehead atoms. The quantitative estimate of drug-likeness (QED) is 0.901. The minimum absolute atomic E-state index is 0.227. The van der Waals surface area contributed by atoms with Gasteiger partial charge in [-0.1, -0.05) is 23.5 Å². The van der Waals surface area contributed by atoms with Crippen molar-refractivity contribution in [1.29, 1.82) is 0 Å². The van der Waals surface area contributed by atoms with Crippen molar-refractivity contribution in [2.24, 2.45) is 0 Å². The van der Waals surface area contributed by atoms with Gasteiger partial charge in [0.25, 0.3) is 5.91 Å². The van der Waals surface area contributed by atoms with Gasteiger partial charge in [-0.2, -0.15) is 0 Å². The molecule has 0 fully saturated rings. The number of rotatable bonds is 4. The molecule has 1 aromatic heterocycles. The highest BCUT2D eigenvalue weighted by atomic mass is 32.1. The van der Waals surface area contributed by atoms with Crippen molar-refractivity contribution in [3.63, 3.8) is 0 Å². The molecule has 0 unspecified atom stereocenters. The lowest BCUT2D eigenvalue weighted by Gasteiger charge is -2.07. The zero-order valence-corrected chi connectivity index (χ0v) is 12.0. The molecule has 6 heteroatoms. The Kier molecular flexibility index (Phi) is 4.11. The van der Waals surface area contributed by atoms with Gasteiger partial charge in [0.1, 0.15) is 0 Å². The first-order valence-corrected chi connectivity index (χ1v) is 6.87. The van der Waals surface area contributed by atoms with Gasteiger partial charge in [0.15, 0.2) is 0 Å². The zero-order chi connectivity index (χ0) is 13.8. The SMILES string of the molecule is CCNc1nnc(C(=O)Nc2cc(C)ccc2C)s1. The first-order valence-electron chi connectivity index (χ1n) is 6.06. The number of hydrogen-bond donors (Lipinski definition) is 2. The van der Waals surface area contributed by atoms with Crippen molar-refractivity contribution in [3.8, 4) is 0 Å². The maximum atomic E-state index is 12.1. The van der Waals surface area contributed by atoms with Crippen LogP contribution in [-0.4, -0.2) is 22.6 Å². The van der Waals surface area contributed by atoms with E-state index in [2.05, 4.69) is 20.8 Å². The van der Waals surface area contributed by atoms with E-state index in [-0.39, 0.29) is 5.91 Å². The number of nitrogens with zero attached hydrogens (tertiary/aromatic N) is 2. The van der Waals surface area contributed by atoms with Crippen LogP contribution in [0.5, 0.6) is 0 Å². The number of aryl methyl sites for hydroxylation is 2. The van der Waals surface area contributed by atoms with Gasteiger partial charge in [0.05, 0.1) is 0 Å². The Labute approximate surface area is 116 Å². The average Bonchev–Trinajstić information content (AvgIpc) is 2.83. The van der Waals surface area contributed by atoms with Gasteiger partial charge in [-0.3, -0.25) is 4.79 Å². The minimum atomic E-state index is -0.227. The fraction of sp³-hybridized carbons (Fsp3) is 0.308. The van der Waals surface area contributed by atoms with E-state index in [1.165, 1.54) is 11.3 Å². The molecule has 0 atom stereocenters. The molecule has 2 N–H and O–H groups in total. The highest BCUT2D eigenvalue weighted by Crippen LogP contribution is 2.20. The van der Waals surface area contributed by atoms with Gasteiger partial charge in [-0.05, 0) is 38.0 Å². The molecular weight excluding hydrogens is 260 g/mol. The smallest absolute Gasteiger partial charge is 0.286 e. The standard InChI is InChI=1S/C13H16N4OS/c1-4-14-13-17-16-12(19-13)11(18)15-10-7-8(2)5-6-9(10)3/h5-7H,4H2,1-3H3,(H,14,17)(H,15,18). The largest absolute Gasteiger partial charge is 0.360 e. The number of hydrogen-bond acceptors (Lipinski definition) is 5. The molecule has 0 aliphatic carbocycles. The van der Waals surface area contributed by atoms with Crippen LogP contribution in [0, 0.1) is 13.8 Å². The lowest BCUT2D eigenvalue weighted by molar-refractivity contribution is 0.102. The Bertz CT molecular complexity index is 594. The number of nitrogens with one attached hydrogen (secondary N) is 2. The van der Waals surface area contributed by atoms with Crippen molar-refractivity contribution in [2.75, 3.05) is 17.2 Å². The van der Waals surface area contributed by atoms with E-state index in [1.54, 1.807) is 0 Å². The van der Waals surface area contributed by atoms with Gasteiger partial charge in [0, 0.05) is 12.2 Å². The van der Waals surface area contributed by atoms with Crippen molar-refractivity contribution in [3.05, 3.63) is 34.3 Å². The maximum Gasteiger partial charge on any atom is 0.286 e. The summed E-state index contributed by atoms with van der Waals surface area (Å²) in [7, 11) is 0. The number of carbonyl (C=O) groups excluding carboxylic acids is 1. The van der Waals surface area contributed by atoms with Crippen molar-refractivity contribution < 1.29 is 4.79 Å². The van der Waals surface area contributed by atoms with E-state index in [4.69, 9.17) is 0 Å². The Morgan fingerprint density at radius 2 is 2.11 bits per heavy atom. The van der Waals surface area contributed by atoms with Crippen LogP contribution < -0.4 is 10.6 Å². The van der Waals surface area contributed by atoms with E-state index in [0.717, 1.165) is 23.4 Å². The number of benzene rings is 1. The summed E-state index contributed by atoms with van der Waals surface area (Å²) in [5.41, 5.74) is 2.94. The molecule has 1 aromatic carbocycles. The van der Waals surface area contributed by atoms with Crippen LogP contribution in [0.15, 0.2) is 18.2 Å². The number of amides is 1. The normalized spacial score (nSPS) is 10.3. The number of carbonyl (C=O) groups is 1. The van der Waals surface area contributed by atoms with Crippen molar-refractivity contribution >= 4 is 28.1 Å². The first-order chi connectivity index (χ1) is 9.10. The van der Waals surface area contributed by atoms with Crippen LogP contribution in [-0.2, 0) is 0 Å². The summed E-state index contributed by atoms with van der Waals surface area (Å²) < 4.78 is 0. The van der Waals surface area contributed by atoms with Crippen LogP contribution in [0.2, 0.25) is 0 Å². The van der Waals surface area contributed by atoms with Crippen LogP contribution in [0.25, 0.3) is 0 Å². The Morgan fingerprint density at radius 3 is 2.84 bits per heavy atom. The molecule has 1 heterocycles. The number of aromatic nitrogens is 2. The Morgan fingerprint density at radius 1 is 1.32 bits per heavy atom. The monoisotopic (exact) mass is 276 g/mol. The van der Waals surface area contributed by atoms with E-state index < -0.39 is 0 Å². The van der Waals surface area contributed by atoms with E-state index in [9.17, 15) is 4.79 Å². The predicted octanol–water partition coefficient (Wildman–Crippen LogP) is 2.84. The summed E-state index contributed by atoms with van der Waals surface area (Å²) in [4.78, 5) is 12.1.